The van der Waals surface area contributed by atoms with Crippen LogP contribution in [-0.4, -0.2) is 19.1 Å². The standard InChI is InChI=1S/C23H24BrN3O/c1-18-8-7-11-20(16-18)27(17-19-9-3-2-4-10-19)15-14-25-23(28)26-22-13-6-5-12-21(22)24/h2-13,16H,14-15,17H2,1H3,(H2,25,26,28). The van der Waals surface area contributed by atoms with Crippen molar-refractivity contribution in [2.75, 3.05) is 23.3 Å². The molecule has 2 amide bonds. The van der Waals surface area contributed by atoms with Crippen LogP contribution in [-0.2, 0) is 6.54 Å². The van der Waals surface area contributed by atoms with Gasteiger partial charge in [0.25, 0.3) is 0 Å². The number of para-hydroxylation sites is 1. The van der Waals surface area contributed by atoms with Crippen LogP contribution in [0.1, 0.15) is 11.1 Å². The van der Waals surface area contributed by atoms with Crippen molar-refractivity contribution in [3.05, 3.63) is 94.5 Å². The molecule has 5 heteroatoms. The number of carbonyl (C=O) groups excluding carboxylic acids is 1. The van der Waals surface area contributed by atoms with Crippen molar-refractivity contribution < 1.29 is 4.79 Å². The first-order chi connectivity index (χ1) is 13.6. The fourth-order valence-corrected chi connectivity index (χ4v) is 3.35. The van der Waals surface area contributed by atoms with Gasteiger partial charge in [0.2, 0.25) is 0 Å². The number of urea groups is 1. The molecule has 0 heterocycles. The zero-order chi connectivity index (χ0) is 19.8. The zero-order valence-corrected chi connectivity index (χ0v) is 17.4. The number of aryl methyl sites for hydroxylation is 1. The Kier molecular flexibility index (Phi) is 7.09. The summed E-state index contributed by atoms with van der Waals surface area (Å²) in [6.45, 7) is 4.13. The second-order valence-corrected chi connectivity index (χ2v) is 7.46. The number of nitrogens with one attached hydrogen (secondary N) is 2. The maximum absolute atomic E-state index is 12.2. The molecule has 0 radical (unpaired) electrons. The van der Waals surface area contributed by atoms with Gasteiger partial charge in [-0.25, -0.2) is 4.79 Å². The third kappa shape index (κ3) is 5.86. The van der Waals surface area contributed by atoms with E-state index in [2.05, 4.69) is 74.8 Å². The third-order valence-electron chi connectivity index (χ3n) is 4.37. The average Bonchev–Trinajstić information content (AvgIpc) is 2.70. The maximum Gasteiger partial charge on any atom is 0.319 e. The monoisotopic (exact) mass is 437 g/mol. The van der Waals surface area contributed by atoms with Gasteiger partial charge in [-0.2, -0.15) is 0 Å². The molecule has 0 bridgehead atoms. The average molecular weight is 438 g/mol. The highest BCUT2D eigenvalue weighted by Gasteiger charge is 2.09. The van der Waals surface area contributed by atoms with Gasteiger partial charge in [0.1, 0.15) is 0 Å². The number of hydrogen-bond acceptors (Lipinski definition) is 2. The summed E-state index contributed by atoms with van der Waals surface area (Å²) in [5.41, 5.74) is 4.36. The van der Waals surface area contributed by atoms with E-state index in [4.69, 9.17) is 0 Å². The summed E-state index contributed by atoms with van der Waals surface area (Å²) in [6.07, 6.45) is 0. The van der Waals surface area contributed by atoms with Crippen LogP contribution in [0, 0.1) is 6.92 Å². The lowest BCUT2D eigenvalue weighted by Gasteiger charge is -2.25. The van der Waals surface area contributed by atoms with Gasteiger partial charge >= 0.3 is 6.03 Å². The SMILES string of the molecule is Cc1cccc(N(CCNC(=O)Nc2ccccc2Br)Cc2ccccc2)c1. The zero-order valence-electron chi connectivity index (χ0n) is 15.9. The minimum Gasteiger partial charge on any atom is -0.365 e. The Morgan fingerprint density at radius 2 is 1.71 bits per heavy atom. The Hall–Kier alpha value is -2.79. The number of amides is 2. The molecule has 0 aliphatic rings. The van der Waals surface area contributed by atoms with Crippen molar-refractivity contribution in [2.45, 2.75) is 13.5 Å². The first-order valence-electron chi connectivity index (χ1n) is 9.27. The van der Waals surface area contributed by atoms with E-state index in [0.29, 0.717) is 13.1 Å². The fourth-order valence-electron chi connectivity index (χ4n) is 2.96. The maximum atomic E-state index is 12.2. The van der Waals surface area contributed by atoms with Gasteiger partial charge in [-0.3, -0.25) is 0 Å². The summed E-state index contributed by atoms with van der Waals surface area (Å²) >= 11 is 3.44. The first kappa shape index (κ1) is 20.0. The predicted molar refractivity (Wildman–Crippen MR) is 120 cm³/mol. The number of hydrogen-bond donors (Lipinski definition) is 2. The second kappa shape index (κ2) is 9.95. The summed E-state index contributed by atoms with van der Waals surface area (Å²) in [5.74, 6) is 0. The van der Waals surface area contributed by atoms with Gasteiger partial charge in [0.05, 0.1) is 5.69 Å². The Morgan fingerprint density at radius 1 is 0.964 bits per heavy atom. The lowest BCUT2D eigenvalue weighted by molar-refractivity contribution is 0.252. The van der Waals surface area contributed by atoms with E-state index in [1.807, 2.05) is 42.5 Å². The molecular formula is C23H24BrN3O. The smallest absolute Gasteiger partial charge is 0.319 e. The molecule has 0 aromatic heterocycles. The molecule has 0 aliphatic heterocycles. The highest BCUT2D eigenvalue weighted by atomic mass is 79.9. The molecule has 4 nitrogen and oxygen atoms in total. The van der Waals surface area contributed by atoms with Gasteiger partial charge in [0, 0.05) is 29.8 Å². The molecule has 0 unspecified atom stereocenters. The van der Waals surface area contributed by atoms with Gasteiger partial charge in [-0.1, -0.05) is 54.6 Å². The lowest BCUT2D eigenvalue weighted by Crippen LogP contribution is -2.37. The third-order valence-corrected chi connectivity index (χ3v) is 5.06. The minimum atomic E-state index is -0.212. The fraction of sp³-hybridized carbons (Fsp3) is 0.174. The number of anilines is 2. The van der Waals surface area contributed by atoms with Crippen molar-refractivity contribution in [3.63, 3.8) is 0 Å². The minimum absolute atomic E-state index is 0.212. The molecule has 144 valence electrons. The number of halogens is 1. The number of benzene rings is 3. The molecule has 0 saturated heterocycles. The van der Waals surface area contributed by atoms with Crippen molar-refractivity contribution >= 4 is 33.3 Å². The highest BCUT2D eigenvalue weighted by molar-refractivity contribution is 9.10. The van der Waals surface area contributed by atoms with Crippen LogP contribution >= 0.6 is 15.9 Å². The highest BCUT2D eigenvalue weighted by Crippen LogP contribution is 2.21. The molecule has 3 aromatic carbocycles. The quantitative estimate of drug-likeness (QED) is 0.506. The summed E-state index contributed by atoms with van der Waals surface area (Å²) < 4.78 is 0.857. The van der Waals surface area contributed by atoms with Crippen molar-refractivity contribution in [2.24, 2.45) is 0 Å². The second-order valence-electron chi connectivity index (χ2n) is 6.61. The van der Waals surface area contributed by atoms with Gasteiger partial charge < -0.3 is 15.5 Å². The van der Waals surface area contributed by atoms with Crippen molar-refractivity contribution in [1.29, 1.82) is 0 Å². The lowest BCUT2D eigenvalue weighted by atomic mass is 10.1. The van der Waals surface area contributed by atoms with E-state index in [-0.39, 0.29) is 6.03 Å². The summed E-state index contributed by atoms with van der Waals surface area (Å²) in [4.78, 5) is 14.5. The normalized spacial score (nSPS) is 10.4. The molecule has 28 heavy (non-hydrogen) atoms. The van der Waals surface area contributed by atoms with Crippen LogP contribution in [0.2, 0.25) is 0 Å². The van der Waals surface area contributed by atoms with E-state index in [9.17, 15) is 4.79 Å². The van der Waals surface area contributed by atoms with Gasteiger partial charge in [0.15, 0.2) is 0 Å². The van der Waals surface area contributed by atoms with Crippen LogP contribution < -0.4 is 15.5 Å². The van der Waals surface area contributed by atoms with Crippen LogP contribution in [0.15, 0.2) is 83.3 Å². The van der Waals surface area contributed by atoms with Crippen molar-refractivity contribution in [3.8, 4) is 0 Å². The topological polar surface area (TPSA) is 44.4 Å². The Morgan fingerprint density at radius 3 is 2.46 bits per heavy atom. The number of nitrogens with zero attached hydrogens (tertiary/aromatic N) is 1. The molecular weight excluding hydrogens is 414 g/mol. The van der Waals surface area contributed by atoms with Crippen molar-refractivity contribution in [1.82, 2.24) is 5.32 Å². The van der Waals surface area contributed by atoms with E-state index < -0.39 is 0 Å². The molecule has 0 fully saturated rings. The van der Waals surface area contributed by atoms with E-state index >= 15 is 0 Å². The Labute approximate surface area is 174 Å². The number of carbonyl (C=O) groups is 1. The van der Waals surface area contributed by atoms with Crippen LogP contribution in [0.4, 0.5) is 16.2 Å². The molecule has 0 aliphatic carbocycles. The Bertz CT molecular complexity index is 914. The van der Waals surface area contributed by atoms with Crippen LogP contribution in [0.3, 0.4) is 0 Å². The molecule has 0 saturated carbocycles. The van der Waals surface area contributed by atoms with E-state index in [1.165, 1.54) is 11.1 Å². The van der Waals surface area contributed by atoms with Crippen LogP contribution in [0.25, 0.3) is 0 Å². The largest absolute Gasteiger partial charge is 0.365 e. The molecule has 0 atom stereocenters. The molecule has 3 rings (SSSR count). The first-order valence-corrected chi connectivity index (χ1v) is 10.1. The van der Waals surface area contributed by atoms with Crippen LogP contribution in [0.5, 0.6) is 0 Å². The summed E-state index contributed by atoms with van der Waals surface area (Å²) in [7, 11) is 0. The van der Waals surface area contributed by atoms with E-state index in [0.717, 1.165) is 22.4 Å². The van der Waals surface area contributed by atoms with Gasteiger partial charge in [-0.05, 0) is 58.2 Å². The summed E-state index contributed by atoms with van der Waals surface area (Å²) in [6, 6.07) is 26.1. The van der Waals surface area contributed by atoms with Gasteiger partial charge in [-0.15, -0.1) is 0 Å². The molecule has 0 spiro atoms. The predicted octanol–water partition coefficient (Wildman–Crippen LogP) is 5.59. The number of rotatable bonds is 7. The molecule has 3 aromatic rings. The summed E-state index contributed by atoms with van der Waals surface area (Å²) in [5, 5.41) is 5.81. The molecule has 2 N–H and O–H groups in total. The van der Waals surface area contributed by atoms with E-state index in [1.54, 1.807) is 0 Å². The Balaban J connectivity index is 1.61.